The highest BCUT2D eigenvalue weighted by Crippen LogP contribution is 2.24. The van der Waals surface area contributed by atoms with Crippen LogP contribution in [0.25, 0.3) is 0 Å². The van der Waals surface area contributed by atoms with Gasteiger partial charge in [0.25, 0.3) is 0 Å². The van der Waals surface area contributed by atoms with E-state index in [-0.39, 0.29) is 23.8 Å². The van der Waals surface area contributed by atoms with Gasteiger partial charge >= 0.3 is 0 Å². The van der Waals surface area contributed by atoms with Crippen LogP contribution in [0.2, 0.25) is 0 Å². The summed E-state index contributed by atoms with van der Waals surface area (Å²) in [6.45, 7) is 3.79. The van der Waals surface area contributed by atoms with Crippen molar-refractivity contribution in [3.05, 3.63) is 47.3 Å². The van der Waals surface area contributed by atoms with Gasteiger partial charge in [0.2, 0.25) is 5.91 Å². The molecule has 24 heavy (non-hydrogen) atoms. The van der Waals surface area contributed by atoms with E-state index in [0.29, 0.717) is 19.5 Å². The number of nitrogens with zero attached hydrogens (tertiary/aromatic N) is 4. The molecule has 1 fully saturated rings. The van der Waals surface area contributed by atoms with E-state index in [9.17, 15) is 9.18 Å². The molecule has 2 aliphatic heterocycles. The highest BCUT2D eigenvalue weighted by Gasteiger charge is 2.34. The van der Waals surface area contributed by atoms with Gasteiger partial charge in [-0.2, -0.15) is 0 Å². The minimum Gasteiger partial charge on any atom is -0.332 e. The van der Waals surface area contributed by atoms with E-state index >= 15 is 0 Å². The molecule has 0 radical (unpaired) electrons. The lowest BCUT2D eigenvalue weighted by Gasteiger charge is -2.29. The summed E-state index contributed by atoms with van der Waals surface area (Å²) < 4.78 is 15.1. The molecule has 2 unspecified atom stereocenters. The number of fused-ring (bicyclic) bond motifs is 1. The van der Waals surface area contributed by atoms with Gasteiger partial charge in [-0.05, 0) is 31.0 Å². The smallest absolute Gasteiger partial charge is 0.241 e. The van der Waals surface area contributed by atoms with E-state index in [0.717, 1.165) is 23.8 Å². The Morgan fingerprint density at radius 1 is 1.21 bits per heavy atom. The standard InChI is InChI=1S/C16H19FN6O/c1-10-18-21-15-9-22(6-7-23(10)15)16(24)14-8-13(19-20-14)11-2-4-12(17)5-3-11/h2-5,13-14,19-20H,6-9H2,1H3. The van der Waals surface area contributed by atoms with Crippen LogP contribution in [0.4, 0.5) is 4.39 Å². The molecule has 0 aliphatic carbocycles. The number of amides is 1. The third kappa shape index (κ3) is 2.67. The summed E-state index contributed by atoms with van der Waals surface area (Å²) in [5.41, 5.74) is 7.17. The number of carbonyl (C=O) groups excluding carboxylic acids is 1. The van der Waals surface area contributed by atoms with Crippen molar-refractivity contribution >= 4 is 5.91 Å². The zero-order valence-electron chi connectivity index (χ0n) is 13.4. The molecule has 2 N–H and O–H groups in total. The van der Waals surface area contributed by atoms with E-state index < -0.39 is 0 Å². The average Bonchev–Trinajstić information content (AvgIpc) is 3.22. The molecule has 2 aromatic rings. The molecule has 0 saturated carbocycles. The third-order valence-electron chi connectivity index (χ3n) is 4.72. The number of hydrogen-bond acceptors (Lipinski definition) is 5. The highest BCUT2D eigenvalue weighted by molar-refractivity contribution is 5.82. The lowest BCUT2D eigenvalue weighted by atomic mass is 10.0. The number of rotatable bonds is 2. The number of hydrazine groups is 1. The highest BCUT2D eigenvalue weighted by atomic mass is 19.1. The van der Waals surface area contributed by atoms with Crippen molar-refractivity contribution in [2.75, 3.05) is 6.54 Å². The van der Waals surface area contributed by atoms with Crippen LogP contribution < -0.4 is 10.9 Å². The van der Waals surface area contributed by atoms with Gasteiger partial charge in [-0.3, -0.25) is 4.79 Å². The molecule has 2 aliphatic rings. The minimum absolute atomic E-state index is 0.00441. The van der Waals surface area contributed by atoms with Gasteiger partial charge in [-0.1, -0.05) is 12.1 Å². The number of nitrogens with one attached hydrogen (secondary N) is 2. The SMILES string of the molecule is Cc1nnc2n1CCN(C(=O)C1CC(c3ccc(F)cc3)NN1)C2. The third-order valence-corrected chi connectivity index (χ3v) is 4.72. The predicted molar refractivity (Wildman–Crippen MR) is 84.0 cm³/mol. The molecule has 1 aromatic heterocycles. The lowest BCUT2D eigenvalue weighted by molar-refractivity contribution is -0.134. The molecule has 3 heterocycles. The van der Waals surface area contributed by atoms with Gasteiger partial charge in [0.1, 0.15) is 17.7 Å². The number of carbonyl (C=O) groups is 1. The summed E-state index contributed by atoms with van der Waals surface area (Å²) in [4.78, 5) is 14.6. The molecule has 2 atom stereocenters. The van der Waals surface area contributed by atoms with Crippen molar-refractivity contribution < 1.29 is 9.18 Å². The number of halogens is 1. The number of benzene rings is 1. The first-order valence-electron chi connectivity index (χ1n) is 8.06. The Hall–Kier alpha value is -2.32. The summed E-state index contributed by atoms with van der Waals surface area (Å²) >= 11 is 0. The van der Waals surface area contributed by atoms with E-state index in [1.54, 1.807) is 12.1 Å². The predicted octanol–water partition coefficient (Wildman–Crippen LogP) is 0.676. The van der Waals surface area contributed by atoms with Crippen LogP contribution in [0.5, 0.6) is 0 Å². The average molecular weight is 330 g/mol. The van der Waals surface area contributed by atoms with Crippen LogP contribution in [-0.2, 0) is 17.9 Å². The fourth-order valence-corrected chi connectivity index (χ4v) is 3.34. The number of aryl methyl sites for hydroxylation is 1. The Kier molecular flexibility index (Phi) is 3.78. The number of aromatic nitrogens is 3. The van der Waals surface area contributed by atoms with Crippen molar-refractivity contribution in [3.8, 4) is 0 Å². The maximum absolute atomic E-state index is 13.0. The van der Waals surface area contributed by atoms with Crippen LogP contribution in [-0.4, -0.2) is 38.2 Å². The second-order valence-electron chi connectivity index (χ2n) is 6.26. The second-order valence-corrected chi connectivity index (χ2v) is 6.26. The summed E-state index contributed by atoms with van der Waals surface area (Å²) in [6.07, 6.45) is 0.632. The van der Waals surface area contributed by atoms with Crippen molar-refractivity contribution in [3.63, 3.8) is 0 Å². The van der Waals surface area contributed by atoms with Crippen molar-refractivity contribution in [2.24, 2.45) is 0 Å². The Morgan fingerprint density at radius 3 is 2.79 bits per heavy atom. The first-order chi connectivity index (χ1) is 11.6. The molecule has 0 bridgehead atoms. The van der Waals surface area contributed by atoms with Gasteiger partial charge in [-0.15, -0.1) is 10.2 Å². The van der Waals surface area contributed by atoms with Crippen LogP contribution in [0.3, 0.4) is 0 Å². The quantitative estimate of drug-likeness (QED) is 0.847. The fraction of sp³-hybridized carbons (Fsp3) is 0.438. The summed E-state index contributed by atoms with van der Waals surface area (Å²) in [5.74, 6) is 1.51. The van der Waals surface area contributed by atoms with Crippen LogP contribution >= 0.6 is 0 Å². The van der Waals surface area contributed by atoms with Crippen LogP contribution in [0, 0.1) is 12.7 Å². The van der Waals surface area contributed by atoms with Gasteiger partial charge in [0.15, 0.2) is 5.82 Å². The molecular formula is C16H19FN6O. The van der Waals surface area contributed by atoms with Crippen LogP contribution in [0.15, 0.2) is 24.3 Å². The number of hydrogen-bond donors (Lipinski definition) is 2. The lowest BCUT2D eigenvalue weighted by Crippen LogP contribution is -2.48. The van der Waals surface area contributed by atoms with Gasteiger partial charge < -0.3 is 9.47 Å². The van der Waals surface area contributed by atoms with Crippen LogP contribution in [0.1, 0.15) is 29.7 Å². The summed E-state index contributed by atoms with van der Waals surface area (Å²) in [7, 11) is 0. The van der Waals surface area contributed by atoms with Gasteiger partial charge in [-0.25, -0.2) is 15.2 Å². The first kappa shape index (κ1) is 15.2. The molecule has 8 heteroatoms. The van der Waals surface area contributed by atoms with E-state index in [1.165, 1.54) is 12.1 Å². The van der Waals surface area contributed by atoms with Gasteiger partial charge in [0, 0.05) is 19.1 Å². The van der Waals surface area contributed by atoms with Crippen molar-refractivity contribution in [1.29, 1.82) is 0 Å². The normalized spacial score (nSPS) is 23.3. The minimum atomic E-state index is -0.296. The molecule has 1 amide bonds. The Balaban J connectivity index is 1.42. The first-order valence-corrected chi connectivity index (χ1v) is 8.06. The topological polar surface area (TPSA) is 75.1 Å². The maximum atomic E-state index is 13.0. The molecule has 0 spiro atoms. The molecule has 7 nitrogen and oxygen atoms in total. The molecule has 4 rings (SSSR count). The monoisotopic (exact) mass is 330 g/mol. The summed E-state index contributed by atoms with van der Waals surface area (Å²) in [6, 6.07) is 6.06. The van der Waals surface area contributed by atoms with Crippen molar-refractivity contribution in [2.45, 2.75) is 38.5 Å². The summed E-state index contributed by atoms with van der Waals surface area (Å²) in [5, 5.41) is 8.20. The van der Waals surface area contributed by atoms with E-state index in [1.807, 2.05) is 16.4 Å². The molecule has 1 aromatic carbocycles. The largest absolute Gasteiger partial charge is 0.332 e. The van der Waals surface area contributed by atoms with E-state index in [2.05, 4.69) is 21.0 Å². The Bertz CT molecular complexity index is 758. The second kappa shape index (κ2) is 5.95. The molecule has 126 valence electrons. The maximum Gasteiger partial charge on any atom is 0.241 e. The van der Waals surface area contributed by atoms with Crippen molar-refractivity contribution in [1.82, 2.24) is 30.5 Å². The molecular weight excluding hydrogens is 311 g/mol. The van der Waals surface area contributed by atoms with Gasteiger partial charge in [0.05, 0.1) is 6.54 Å². The zero-order valence-corrected chi connectivity index (χ0v) is 13.4. The zero-order chi connectivity index (χ0) is 16.7. The Morgan fingerprint density at radius 2 is 2.00 bits per heavy atom. The Labute approximate surface area is 138 Å². The fourth-order valence-electron chi connectivity index (χ4n) is 3.34. The molecule has 1 saturated heterocycles. The van der Waals surface area contributed by atoms with E-state index in [4.69, 9.17) is 0 Å².